The van der Waals surface area contributed by atoms with Gasteiger partial charge in [-0.15, -0.1) is 0 Å². The number of aliphatic hydroxyl groups is 1. The minimum Gasteiger partial charge on any atom is -0.387 e. The fourth-order valence-corrected chi connectivity index (χ4v) is 1.83. The number of rotatable bonds is 4. The molecule has 0 spiro atoms. The number of pyridine rings is 1. The van der Waals surface area contributed by atoms with Gasteiger partial charge in [0, 0.05) is 13.6 Å². The molecule has 3 heteroatoms. The van der Waals surface area contributed by atoms with Crippen molar-refractivity contribution < 1.29 is 5.11 Å². The van der Waals surface area contributed by atoms with E-state index in [9.17, 15) is 5.11 Å². The lowest BCUT2D eigenvalue weighted by atomic mass is 9.96. The first-order valence-corrected chi connectivity index (χ1v) is 6.18. The molecule has 0 aliphatic rings. The average Bonchev–Trinajstić information content (AvgIpc) is 2.26. The maximum absolute atomic E-state index is 9.67. The molecule has 0 saturated carbocycles. The SMILES string of the molecule is CCC(O)c1ccc(N(C)CC(C)(C)C)cn1. The van der Waals surface area contributed by atoms with Crippen LogP contribution in [-0.2, 0) is 0 Å². The Labute approximate surface area is 104 Å². The summed E-state index contributed by atoms with van der Waals surface area (Å²) in [6.45, 7) is 9.57. The molecule has 1 N–H and O–H groups in total. The van der Waals surface area contributed by atoms with Crippen molar-refractivity contribution in [3.8, 4) is 0 Å². The second kappa shape index (κ2) is 5.50. The maximum atomic E-state index is 9.67. The van der Waals surface area contributed by atoms with Gasteiger partial charge >= 0.3 is 0 Å². The van der Waals surface area contributed by atoms with E-state index in [4.69, 9.17) is 0 Å². The summed E-state index contributed by atoms with van der Waals surface area (Å²) >= 11 is 0. The van der Waals surface area contributed by atoms with E-state index in [-0.39, 0.29) is 5.41 Å². The molecule has 1 aromatic rings. The fraction of sp³-hybridized carbons (Fsp3) is 0.643. The molecule has 17 heavy (non-hydrogen) atoms. The van der Waals surface area contributed by atoms with Crippen LogP contribution in [0.2, 0.25) is 0 Å². The van der Waals surface area contributed by atoms with E-state index in [1.807, 2.05) is 25.3 Å². The van der Waals surface area contributed by atoms with E-state index < -0.39 is 6.10 Å². The van der Waals surface area contributed by atoms with Gasteiger partial charge in [-0.1, -0.05) is 27.7 Å². The van der Waals surface area contributed by atoms with Crippen molar-refractivity contribution in [1.82, 2.24) is 4.98 Å². The Balaban J connectivity index is 2.74. The molecule has 0 aliphatic carbocycles. The van der Waals surface area contributed by atoms with Crippen LogP contribution in [0.1, 0.15) is 45.9 Å². The van der Waals surface area contributed by atoms with E-state index in [2.05, 4.69) is 37.7 Å². The van der Waals surface area contributed by atoms with Gasteiger partial charge in [0.15, 0.2) is 0 Å². The minimum atomic E-state index is -0.447. The first-order valence-electron chi connectivity index (χ1n) is 6.18. The quantitative estimate of drug-likeness (QED) is 0.873. The molecule has 0 aliphatic heterocycles. The van der Waals surface area contributed by atoms with Crippen molar-refractivity contribution in [3.05, 3.63) is 24.0 Å². The molecule has 3 nitrogen and oxygen atoms in total. The number of anilines is 1. The fourth-order valence-electron chi connectivity index (χ4n) is 1.83. The van der Waals surface area contributed by atoms with E-state index in [1.54, 1.807) is 0 Å². The highest BCUT2D eigenvalue weighted by Crippen LogP contribution is 2.21. The van der Waals surface area contributed by atoms with Crippen molar-refractivity contribution in [3.63, 3.8) is 0 Å². The molecule has 0 aromatic carbocycles. The lowest BCUT2D eigenvalue weighted by Crippen LogP contribution is -2.29. The molecular formula is C14H24N2O. The molecule has 1 unspecified atom stereocenters. The van der Waals surface area contributed by atoms with Gasteiger partial charge < -0.3 is 10.0 Å². The van der Waals surface area contributed by atoms with Crippen molar-refractivity contribution in [2.45, 2.75) is 40.2 Å². The van der Waals surface area contributed by atoms with Crippen molar-refractivity contribution in [2.24, 2.45) is 5.41 Å². The molecule has 0 fully saturated rings. The Hall–Kier alpha value is -1.09. The Morgan fingerprint density at radius 3 is 2.41 bits per heavy atom. The predicted octanol–water partition coefficient (Wildman–Crippen LogP) is 3.01. The second-order valence-electron chi connectivity index (χ2n) is 5.78. The van der Waals surface area contributed by atoms with E-state index in [0.29, 0.717) is 6.42 Å². The van der Waals surface area contributed by atoms with Gasteiger partial charge in [-0.3, -0.25) is 4.98 Å². The van der Waals surface area contributed by atoms with Gasteiger partial charge in [0.1, 0.15) is 0 Å². The highest BCUT2D eigenvalue weighted by atomic mass is 16.3. The van der Waals surface area contributed by atoms with E-state index in [1.165, 1.54) is 0 Å². The molecular weight excluding hydrogens is 212 g/mol. The minimum absolute atomic E-state index is 0.260. The monoisotopic (exact) mass is 236 g/mol. The first kappa shape index (κ1) is 14.0. The van der Waals surface area contributed by atoms with Crippen molar-refractivity contribution >= 4 is 5.69 Å². The van der Waals surface area contributed by atoms with Gasteiger partial charge in [-0.05, 0) is 24.0 Å². The Morgan fingerprint density at radius 2 is 2.00 bits per heavy atom. The Morgan fingerprint density at radius 1 is 1.35 bits per heavy atom. The van der Waals surface area contributed by atoms with E-state index in [0.717, 1.165) is 17.9 Å². The predicted molar refractivity (Wildman–Crippen MR) is 72.2 cm³/mol. The second-order valence-corrected chi connectivity index (χ2v) is 5.78. The number of nitrogens with zero attached hydrogens (tertiary/aromatic N) is 2. The van der Waals surface area contributed by atoms with Gasteiger partial charge in [-0.25, -0.2) is 0 Å². The Kier molecular flexibility index (Phi) is 4.52. The molecule has 0 bridgehead atoms. The highest BCUT2D eigenvalue weighted by Gasteiger charge is 2.14. The molecule has 1 heterocycles. The third-order valence-electron chi connectivity index (χ3n) is 2.65. The summed E-state index contributed by atoms with van der Waals surface area (Å²) in [7, 11) is 2.07. The number of hydrogen-bond donors (Lipinski definition) is 1. The van der Waals surface area contributed by atoms with Crippen LogP contribution in [0.4, 0.5) is 5.69 Å². The largest absolute Gasteiger partial charge is 0.387 e. The Bertz CT molecular complexity index is 340. The smallest absolute Gasteiger partial charge is 0.0957 e. The van der Waals surface area contributed by atoms with Crippen LogP contribution in [-0.4, -0.2) is 23.7 Å². The normalized spacial score (nSPS) is 13.5. The van der Waals surface area contributed by atoms with Crippen molar-refractivity contribution in [1.29, 1.82) is 0 Å². The van der Waals surface area contributed by atoms with Crippen LogP contribution >= 0.6 is 0 Å². The van der Waals surface area contributed by atoms with Crippen LogP contribution in [0.5, 0.6) is 0 Å². The zero-order chi connectivity index (χ0) is 13.1. The molecule has 0 saturated heterocycles. The van der Waals surface area contributed by atoms with E-state index >= 15 is 0 Å². The zero-order valence-electron chi connectivity index (χ0n) is 11.6. The summed E-state index contributed by atoms with van der Waals surface area (Å²) in [4.78, 5) is 6.50. The van der Waals surface area contributed by atoms with Gasteiger partial charge in [0.25, 0.3) is 0 Å². The summed E-state index contributed by atoms with van der Waals surface area (Å²) in [6.07, 6.45) is 2.08. The topological polar surface area (TPSA) is 36.4 Å². The number of aromatic nitrogens is 1. The number of aliphatic hydroxyl groups excluding tert-OH is 1. The van der Waals surface area contributed by atoms with Crippen LogP contribution < -0.4 is 4.90 Å². The van der Waals surface area contributed by atoms with Crippen LogP contribution in [0.25, 0.3) is 0 Å². The van der Waals surface area contributed by atoms with Gasteiger partial charge in [0.05, 0.1) is 23.7 Å². The summed E-state index contributed by atoms with van der Waals surface area (Å²) < 4.78 is 0. The lowest BCUT2D eigenvalue weighted by molar-refractivity contribution is 0.169. The third kappa shape index (κ3) is 4.35. The molecule has 0 amide bonds. The third-order valence-corrected chi connectivity index (χ3v) is 2.65. The van der Waals surface area contributed by atoms with Crippen LogP contribution in [0, 0.1) is 5.41 Å². The highest BCUT2D eigenvalue weighted by molar-refractivity contribution is 5.44. The zero-order valence-corrected chi connectivity index (χ0v) is 11.6. The average molecular weight is 236 g/mol. The first-order chi connectivity index (χ1) is 7.83. The summed E-state index contributed by atoms with van der Waals surface area (Å²) in [5.74, 6) is 0. The lowest BCUT2D eigenvalue weighted by Gasteiger charge is -2.28. The standard InChI is InChI=1S/C14H24N2O/c1-6-13(17)12-8-7-11(9-15-12)16(5)10-14(2,3)4/h7-9,13,17H,6,10H2,1-5H3. The molecule has 1 rings (SSSR count). The maximum Gasteiger partial charge on any atom is 0.0957 e. The van der Waals surface area contributed by atoms with Crippen LogP contribution in [0.3, 0.4) is 0 Å². The summed E-state index contributed by atoms with van der Waals surface area (Å²) in [5, 5.41) is 9.67. The molecule has 0 radical (unpaired) electrons. The summed E-state index contributed by atoms with van der Waals surface area (Å²) in [6, 6.07) is 3.93. The summed E-state index contributed by atoms with van der Waals surface area (Å²) in [5.41, 5.74) is 2.10. The van der Waals surface area contributed by atoms with Crippen molar-refractivity contribution in [2.75, 3.05) is 18.5 Å². The van der Waals surface area contributed by atoms with Gasteiger partial charge in [-0.2, -0.15) is 0 Å². The van der Waals surface area contributed by atoms with Crippen LogP contribution in [0.15, 0.2) is 18.3 Å². The number of hydrogen-bond acceptors (Lipinski definition) is 3. The molecule has 96 valence electrons. The molecule has 1 atom stereocenters. The van der Waals surface area contributed by atoms with Gasteiger partial charge in [0.2, 0.25) is 0 Å². The molecule has 1 aromatic heterocycles.